The third kappa shape index (κ3) is 4.41. The van der Waals surface area contributed by atoms with Gasteiger partial charge in [-0.05, 0) is 24.6 Å². The summed E-state index contributed by atoms with van der Waals surface area (Å²) in [5, 5.41) is 47.8. The van der Waals surface area contributed by atoms with Gasteiger partial charge in [0, 0.05) is 11.3 Å². The number of benzene rings is 1. The third-order valence-electron chi connectivity index (χ3n) is 3.59. The molecular weight excluding hydrogens is 368 g/mol. The quantitative estimate of drug-likeness (QED) is 0.519. The lowest BCUT2D eigenvalue weighted by molar-refractivity contribution is 0.113. The molecule has 1 unspecified atom stereocenters. The van der Waals surface area contributed by atoms with Crippen LogP contribution in [0.4, 0.5) is 5.82 Å². The van der Waals surface area contributed by atoms with Gasteiger partial charge in [-0.1, -0.05) is 6.07 Å². The minimum Gasteiger partial charge on any atom is -0.504 e. The largest absolute Gasteiger partial charge is 0.504 e. The van der Waals surface area contributed by atoms with Crippen molar-refractivity contribution in [3.8, 4) is 34.8 Å². The van der Waals surface area contributed by atoms with Crippen molar-refractivity contribution in [1.29, 1.82) is 10.5 Å². The van der Waals surface area contributed by atoms with E-state index in [4.69, 9.17) is 15.6 Å². The summed E-state index contributed by atoms with van der Waals surface area (Å²) >= 11 is 1.05. The van der Waals surface area contributed by atoms with E-state index in [0.29, 0.717) is 12.2 Å². The van der Waals surface area contributed by atoms with Crippen LogP contribution in [0.15, 0.2) is 23.2 Å². The van der Waals surface area contributed by atoms with E-state index < -0.39 is 12.7 Å². The Labute approximate surface area is 160 Å². The maximum atomic E-state index is 9.90. The highest BCUT2D eigenvalue weighted by atomic mass is 32.2. The van der Waals surface area contributed by atoms with Crippen molar-refractivity contribution >= 4 is 17.6 Å². The molecule has 9 heteroatoms. The number of hydrogen-bond acceptors (Lipinski definition) is 9. The number of rotatable bonds is 7. The standard InChI is InChI=1S/C18H18N4O4S/c1-2-26-15-5-10(3-4-14(15)25)16-12(6-19)17(21)22-18(13(16)7-20)27-9-11(24)8-23/h3-5,11,23-25H,2,8-9H2,1H3,(H2,21,22). The van der Waals surface area contributed by atoms with Gasteiger partial charge in [0.2, 0.25) is 0 Å². The summed E-state index contributed by atoms with van der Waals surface area (Å²) in [5.74, 6) is 0.185. The van der Waals surface area contributed by atoms with E-state index in [-0.39, 0.29) is 44.8 Å². The molecule has 0 saturated carbocycles. The van der Waals surface area contributed by atoms with Crippen molar-refractivity contribution in [2.75, 3.05) is 24.7 Å². The number of aliphatic hydroxyl groups is 2. The van der Waals surface area contributed by atoms with Crippen LogP contribution in [0, 0.1) is 22.7 Å². The number of hydrogen-bond donors (Lipinski definition) is 4. The molecule has 1 atom stereocenters. The molecule has 0 aliphatic rings. The molecule has 0 saturated heterocycles. The van der Waals surface area contributed by atoms with Gasteiger partial charge in [-0.25, -0.2) is 4.98 Å². The molecule has 0 fully saturated rings. The molecule has 2 aromatic rings. The minimum atomic E-state index is -0.984. The van der Waals surface area contributed by atoms with Crippen LogP contribution in [0.3, 0.4) is 0 Å². The number of aromatic hydroxyl groups is 1. The third-order valence-corrected chi connectivity index (χ3v) is 4.71. The number of nitrogens with two attached hydrogens (primary N) is 1. The Morgan fingerprint density at radius 1 is 1.30 bits per heavy atom. The van der Waals surface area contributed by atoms with Crippen LogP contribution < -0.4 is 10.5 Å². The van der Waals surface area contributed by atoms with Gasteiger partial charge in [-0.2, -0.15) is 10.5 Å². The second kappa shape index (κ2) is 9.10. The number of ether oxygens (including phenoxy) is 1. The van der Waals surface area contributed by atoms with E-state index in [2.05, 4.69) is 4.98 Å². The average Bonchev–Trinajstić information content (AvgIpc) is 2.67. The Hall–Kier alpha value is -2.98. The van der Waals surface area contributed by atoms with Gasteiger partial charge in [-0.15, -0.1) is 11.8 Å². The summed E-state index contributed by atoms with van der Waals surface area (Å²) in [7, 11) is 0. The topological polar surface area (TPSA) is 156 Å². The minimum absolute atomic E-state index is 0.0340. The molecule has 0 amide bonds. The highest BCUT2D eigenvalue weighted by molar-refractivity contribution is 7.99. The van der Waals surface area contributed by atoms with E-state index in [1.165, 1.54) is 12.1 Å². The van der Waals surface area contributed by atoms with Gasteiger partial charge in [0.15, 0.2) is 11.5 Å². The summed E-state index contributed by atoms with van der Waals surface area (Å²) in [6, 6.07) is 8.47. The predicted molar refractivity (Wildman–Crippen MR) is 100 cm³/mol. The van der Waals surface area contributed by atoms with Crippen molar-refractivity contribution in [3.63, 3.8) is 0 Å². The molecule has 1 heterocycles. The SMILES string of the molecule is CCOc1cc(-c2c(C#N)c(N)nc(SCC(O)CO)c2C#N)ccc1O. The Bertz CT molecular complexity index is 921. The molecule has 0 spiro atoms. The summed E-state index contributed by atoms with van der Waals surface area (Å²) < 4.78 is 5.37. The normalized spacial score (nSPS) is 11.4. The summed E-state index contributed by atoms with van der Waals surface area (Å²) in [6.07, 6.45) is -0.984. The summed E-state index contributed by atoms with van der Waals surface area (Å²) in [4.78, 5) is 4.11. The first-order valence-corrected chi connectivity index (χ1v) is 8.96. The molecule has 27 heavy (non-hydrogen) atoms. The smallest absolute Gasteiger partial charge is 0.161 e. The zero-order chi connectivity index (χ0) is 20.0. The maximum absolute atomic E-state index is 9.90. The van der Waals surface area contributed by atoms with Crippen molar-refractivity contribution < 1.29 is 20.1 Å². The first kappa shape index (κ1) is 20.3. The van der Waals surface area contributed by atoms with Gasteiger partial charge in [-0.3, -0.25) is 0 Å². The first-order valence-electron chi connectivity index (χ1n) is 7.98. The molecule has 0 bridgehead atoms. The molecule has 1 aromatic heterocycles. The molecule has 140 valence electrons. The zero-order valence-electron chi connectivity index (χ0n) is 14.5. The highest BCUT2D eigenvalue weighted by Gasteiger charge is 2.22. The molecule has 0 aliphatic carbocycles. The molecule has 8 nitrogen and oxygen atoms in total. The van der Waals surface area contributed by atoms with E-state index in [0.717, 1.165) is 11.8 Å². The van der Waals surface area contributed by atoms with Gasteiger partial charge in [0.05, 0.1) is 24.9 Å². The first-order chi connectivity index (χ1) is 13.0. The van der Waals surface area contributed by atoms with Crippen LogP contribution in [0.5, 0.6) is 11.5 Å². The van der Waals surface area contributed by atoms with Gasteiger partial charge in [0.25, 0.3) is 0 Å². The number of nitriles is 2. The number of nitrogen functional groups attached to an aromatic ring is 1. The Kier molecular flexibility index (Phi) is 6.85. The Morgan fingerprint density at radius 2 is 2.00 bits per heavy atom. The lowest BCUT2D eigenvalue weighted by atomic mass is 9.96. The van der Waals surface area contributed by atoms with Crippen molar-refractivity contribution in [2.45, 2.75) is 18.1 Å². The van der Waals surface area contributed by atoms with Gasteiger partial charge >= 0.3 is 0 Å². The number of pyridine rings is 1. The molecular formula is C18H18N4O4S. The fourth-order valence-corrected chi connectivity index (χ4v) is 3.27. The summed E-state index contributed by atoms with van der Waals surface area (Å²) in [5.41, 5.74) is 6.79. The van der Waals surface area contributed by atoms with E-state index in [1.807, 2.05) is 12.1 Å². The molecule has 2 rings (SSSR count). The zero-order valence-corrected chi connectivity index (χ0v) is 15.3. The molecule has 1 aromatic carbocycles. The van der Waals surface area contributed by atoms with Gasteiger partial charge < -0.3 is 25.8 Å². The van der Waals surface area contributed by atoms with Crippen LogP contribution in [0.1, 0.15) is 18.1 Å². The van der Waals surface area contributed by atoms with Crippen molar-refractivity contribution in [1.82, 2.24) is 4.98 Å². The van der Waals surface area contributed by atoms with Crippen molar-refractivity contribution in [2.24, 2.45) is 0 Å². The lowest BCUT2D eigenvalue weighted by Gasteiger charge is -2.15. The monoisotopic (exact) mass is 386 g/mol. The van der Waals surface area contributed by atoms with E-state index in [1.54, 1.807) is 13.0 Å². The Balaban J connectivity index is 2.67. The number of phenols is 1. The fourth-order valence-electron chi connectivity index (χ4n) is 2.36. The van der Waals surface area contributed by atoms with Crippen LogP contribution >= 0.6 is 11.8 Å². The molecule has 5 N–H and O–H groups in total. The van der Waals surface area contributed by atoms with E-state index >= 15 is 0 Å². The number of nitrogens with zero attached hydrogens (tertiary/aromatic N) is 3. The summed E-state index contributed by atoms with van der Waals surface area (Å²) in [6.45, 7) is 1.66. The maximum Gasteiger partial charge on any atom is 0.161 e. The number of aliphatic hydroxyl groups excluding tert-OH is 2. The number of phenolic OH excluding ortho intramolecular Hbond substituents is 1. The Morgan fingerprint density at radius 3 is 2.59 bits per heavy atom. The number of aromatic nitrogens is 1. The average molecular weight is 386 g/mol. The second-order valence-corrected chi connectivity index (χ2v) is 6.42. The predicted octanol–water partition coefficient (Wildman–Crippen LogP) is 1.62. The van der Waals surface area contributed by atoms with Crippen molar-refractivity contribution in [3.05, 3.63) is 29.3 Å². The highest BCUT2D eigenvalue weighted by Crippen LogP contribution is 2.39. The molecule has 0 radical (unpaired) electrons. The van der Waals surface area contributed by atoms with Gasteiger partial charge in [0.1, 0.15) is 28.5 Å². The van der Waals surface area contributed by atoms with Crippen LogP contribution in [-0.2, 0) is 0 Å². The fraction of sp³-hybridized carbons (Fsp3) is 0.278. The number of anilines is 1. The number of thioether (sulfide) groups is 1. The molecule has 0 aliphatic heterocycles. The van der Waals surface area contributed by atoms with Crippen LogP contribution in [0.25, 0.3) is 11.1 Å². The van der Waals surface area contributed by atoms with Crippen LogP contribution in [-0.4, -0.2) is 45.4 Å². The second-order valence-electron chi connectivity index (χ2n) is 5.41. The van der Waals surface area contributed by atoms with Crippen LogP contribution in [0.2, 0.25) is 0 Å². The lowest BCUT2D eigenvalue weighted by Crippen LogP contribution is -2.15. The van der Waals surface area contributed by atoms with E-state index in [9.17, 15) is 20.7 Å².